The fraction of sp³-hybridized carbons (Fsp3) is 0.438. The Labute approximate surface area is 129 Å². The molecule has 1 aliphatic rings. The summed E-state index contributed by atoms with van der Waals surface area (Å²) in [5.74, 6) is 1.75. The minimum atomic E-state index is 0.295. The van der Waals surface area contributed by atoms with Crippen LogP contribution in [0.1, 0.15) is 34.1 Å². The Hall–Kier alpha value is -1.59. The fourth-order valence-electron chi connectivity index (χ4n) is 2.44. The Morgan fingerprint density at radius 3 is 3.00 bits per heavy atom. The van der Waals surface area contributed by atoms with Crippen LogP contribution in [0.4, 0.5) is 0 Å². The van der Waals surface area contributed by atoms with Crippen molar-refractivity contribution in [1.29, 1.82) is 0 Å². The van der Waals surface area contributed by atoms with Crippen molar-refractivity contribution in [1.82, 2.24) is 10.3 Å². The molecule has 0 bridgehead atoms. The van der Waals surface area contributed by atoms with Crippen LogP contribution in [0.15, 0.2) is 18.2 Å². The fourth-order valence-corrected chi connectivity index (χ4v) is 3.29. The zero-order chi connectivity index (χ0) is 14.8. The van der Waals surface area contributed by atoms with Crippen molar-refractivity contribution in [2.24, 2.45) is 0 Å². The van der Waals surface area contributed by atoms with E-state index in [2.05, 4.69) is 30.2 Å². The summed E-state index contributed by atoms with van der Waals surface area (Å²) in [7, 11) is 0. The highest BCUT2D eigenvalue weighted by Crippen LogP contribution is 2.35. The SMILES string of the molecule is CCNC1COc2cc(OCc3nc(C)c(C)s3)ccc21. The number of aromatic nitrogens is 1. The van der Waals surface area contributed by atoms with Gasteiger partial charge in [-0.3, -0.25) is 0 Å². The van der Waals surface area contributed by atoms with Gasteiger partial charge in [-0.05, 0) is 32.5 Å². The van der Waals surface area contributed by atoms with Crippen LogP contribution in [0.2, 0.25) is 0 Å². The second kappa shape index (κ2) is 6.03. The minimum absolute atomic E-state index is 0.295. The predicted molar refractivity (Wildman–Crippen MR) is 84.3 cm³/mol. The van der Waals surface area contributed by atoms with Gasteiger partial charge in [0.15, 0.2) is 0 Å². The average molecular weight is 304 g/mol. The van der Waals surface area contributed by atoms with Crippen molar-refractivity contribution in [3.05, 3.63) is 39.3 Å². The molecule has 1 N–H and O–H groups in total. The molecule has 0 saturated carbocycles. The van der Waals surface area contributed by atoms with Gasteiger partial charge in [0.25, 0.3) is 0 Å². The van der Waals surface area contributed by atoms with Crippen LogP contribution in [0.5, 0.6) is 11.5 Å². The van der Waals surface area contributed by atoms with Crippen LogP contribution in [-0.2, 0) is 6.61 Å². The Kier molecular flexibility index (Phi) is 4.12. The monoisotopic (exact) mass is 304 g/mol. The molecular weight excluding hydrogens is 284 g/mol. The molecule has 0 spiro atoms. The molecule has 0 amide bonds. The molecule has 2 aromatic rings. The summed E-state index contributed by atoms with van der Waals surface area (Å²) in [6, 6.07) is 6.36. The Morgan fingerprint density at radius 1 is 1.43 bits per heavy atom. The first-order valence-electron chi connectivity index (χ1n) is 7.23. The summed E-state index contributed by atoms with van der Waals surface area (Å²) in [6.07, 6.45) is 0. The number of benzene rings is 1. The van der Waals surface area contributed by atoms with E-state index >= 15 is 0 Å². The van der Waals surface area contributed by atoms with Crippen LogP contribution in [0.3, 0.4) is 0 Å². The normalized spacial score (nSPS) is 16.6. The second-order valence-corrected chi connectivity index (χ2v) is 6.45. The molecule has 1 aliphatic heterocycles. The van der Waals surface area contributed by atoms with E-state index in [1.807, 2.05) is 19.1 Å². The molecule has 3 rings (SSSR count). The zero-order valence-corrected chi connectivity index (χ0v) is 13.4. The number of rotatable bonds is 5. The highest BCUT2D eigenvalue weighted by atomic mass is 32.1. The van der Waals surface area contributed by atoms with Gasteiger partial charge in [0.2, 0.25) is 0 Å². The van der Waals surface area contributed by atoms with Crippen LogP contribution < -0.4 is 14.8 Å². The predicted octanol–water partition coefficient (Wildman–Crippen LogP) is 3.38. The molecule has 1 aromatic heterocycles. The molecule has 0 saturated heterocycles. The molecule has 21 heavy (non-hydrogen) atoms. The summed E-state index contributed by atoms with van der Waals surface area (Å²) in [5.41, 5.74) is 2.30. The van der Waals surface area contributed by atoms with E-state index in [1.165, 1.54) is 10.4 Å². The third-order valence-corrected chi connectivity index (χ3v) is 4.70. The van der Waals surface area contributed by atoms with E-state index in [0.29, 0.717) is 19.3 Å². The van der Waals surface area contributed by atoms with Crippen molar-refractivity contribution in [2.75, 3.05) is 13.2 Å². The van der Waals surface area contributed by atoms with Gasteiger partial charge in [-0.1, -0.05) is 6.92 Å². The van der Waals surface area contributed by atoms with Gasteiger partial charge in [0.1, 0.15) is 29.7 Å². The number of thiazole rings is 1. The van der Waals surface area contributed by atoms with E-state index in [-0.39, 0.29) is 0 Å². The first-order valence-corrected chi connectivity index (χ1v) is 8.05. The third-order valence-electron chi connectivity index (χ3n) is 3.65. The van der Waals surface area contributed by atoms with Crippen molar-refractivity contribution in [3.63, 3.8) is 0 Å². The quantitative estimate of drug-likeness (QED) is 0.919. The lowest BCUT2D eigenvalue weighted by molar-refractivity contribution is 0.297. The Morgan fingerprint density at radius 2 is 2.29 bits per heavy atom. The number of nitrogens with zero attached hydrogens (tertiary/aromatic N) is 1. The summed E-state index contributed by atoms with van der Waals surface area (Å²) in [4.78, 5) is 5.74. The van der Waals surface area contributed by atoms with Crippen molar-refractivity contribution >= 4 is 11.3 Å². The molecule has 1 aromatic carbocycles. The van der Waals surface area contributed by atoms with E-state index in [0.717, 1.165) is 28.7 Å². The Bertz CT molecular complexity index is 620. The lowest BCUT2D eigenvalue weighted by Crippen LogP contribution is -2.21. The maximum Gasteiger partial charge on any atom is 0.140 e. The van der Waals surface area contributed by atoms with Crippen molar-refractivity contribution in [3.8, 4) is 11.5 Å². The van der Waals surface area contributed by atoms with Crippen LogP contribution in [0, 0.1) is 13.8 Å². The molecule has 112 valence electrons. The van der Waals surface area contributed by atoms with E-state index < -0.39 is 0 Å². The summed E-state index contributed by atoms with van der Waals surface area (Å²) < 4.78 is 11.6. The number of hydrogen-bond acceptors (Lipinski definition) is 5. The number of ether oxygens (including phenoxy) is 2. The van der Waals surface area contributed by atoms with Crippen LogP contribution >= 0.6 is 11.3 Å². The lowest BCUT2D eigenvalue weighted by atomic mass is 10.1. The van der Waals surface area contributed by atoms with Gasteiger partial charge in [-0.25, -0.2) is 4.98 Å². The summed E-state index contributed by atoms with van der Waals surface area (Å²) in [6.45, 7) is 8.36. The zero-order valence-electron chi connectivity index (χ0n) is 12.6. The number of fused-ring (bicyclic) bond motifs is 1. The van der Waals surface area contributed by atoms with Crippen LogP contribution in [-0.4, -0.2) is 18.1 Å². The maximum absolute atomic E-state index is 5.83. The molecule has 0 fully saturated rings. The molecule has 0 aliphatic carbocycles. The van der Waals surface area contributed by atoms with Gasteiger partial charge < -0.3 is 14.8 Å². The molecule has 2 heterocycles. The largest absolute Gasteiger partial charge is 0.491 e. The number of hydrogen-bond donors (Lipinski definition) is 1. The molecule has 1 atom stereocenters. The molecule has 0 radical (unpaired) electrons. The van der Waals surface area contributed by atoms with Crippen molar-refractivity contribution < 1.29 is 9.47 Å². The number of likely N-dealkylation sites (N-methyl/N-ethyl adjacent to an activating group) is 1. The second-order valence-electron chi connectivity index (χ2n) is 5.16. The molecular formula is C16H20N2O2S. The van der Waals surface area contributed by atoms with Crippen molar-refractivity contribution in [2.45, 2.75) is 33.4 Å². The topological polar surface area (TPSA) is 43.4 Å². The first-order chi connectivity index (χ1) is 10.2. The van der Waals surface area contributed by atoms with Gasteiger partial charge in [-0.15, -0.1) is 11.3 Å². The van der Waals surface area contributed by atoms with Gasteiger partial charge in [-0.2, -0.15) is 0 Å². The number of aryl methyl sites for hydroxylation is 2. The molecule has 1 unspecified atom stereocenters. The summed E-state index contributed by atoms with van der Waals surface area (Å²) >= 11 is 1.69. The highest BCUT2D eigenvalue weighted by Gasteiger charge is 2.23. The van der Waals surface area contributed by atoms with E-state index in [1.54, 1.807) is 11.3 Å². The standard InChI is InChI=1S/C16H20N2O2S/c1-4-17-14-8-20-15-7-12(5-6-13(14)15)19-9-16-18-10(2)11(3)21-16/h5-7,14,17H,4,8-9H2,1-3H3. The minimum Gasteiger partial charge on any atom is -0.491 e. The third kappa shape index (κ3) is 3.04. The van der Waals surface area contributed by atoms with Gasteiger partial charge in [0.05, 0.1) is 11.7 Å². The highest BCUT2D eigenvalue weighted by molar-refractivity contribution is 7.11. The lowest BCUT2D eigenvalue weighted by Gasteiger charge is -2.09. The molecule has 5 heteroatoms. The smallest absolute Gasteiger partial charge is 0.140 e. The van der Waals surface area contributed by atoms with Crippen LogP contribution in [0.25, 0.3) is 0 Å². The Balaban J connectivity index is 1.67. The van der Waals surface area contributed by atoms with Gasteiger partial charge >= 0.3 is 0 Å². The first kappa shape index (κ1) is 14.4. The van der Waals surface area contributed by atoms with E-state index in [9.17, 15) is 0 Å². The van der Waals surface area contributed by atoms with Gasteiger partial charge in [0, 0.05) is 16.5 Å². The van der Waals surface area contributed by atoms with E-state index in [4.69, 9.17) is 9.47 Å². The summed E-state index contributed by atoms with van der Waals surface area (Å²) in [5, 5.41) is 4.42. The maximum atomic E-state index is 5.83. The average Bonchev–Trinajstić information content (AvgIpc) is 3.01. The molecule has 4 nitrogen and oxygen atoms in total. The number of nitrogens with one attached hydrogen (secondary N) is 1.